The standard InChI is InChI=1S/C14H23N3O2/c1-10(2)18-13-8-16-9-14(17-13)19-12-6-4-3-5-11(12)7-15/h8-12H,3-7,15H2,1-2H3. The second kappa shape index (κ2) is 6.70. The molecule has 0 bridgehead atoms. The van der Waals surface area contributed by atoms with Crippen LogP contribution in [0.4, 0.5) is 0 Å². The van der Waals surface area contributed by atoms with E-state index in [0.29, 0.717) is 24.2 Å². The summed E-state index contributed by atoms with van der Waals surface area (Å²) in [5, 5.41) is 0. The maximum absolute atomic E-state index is 5.95. The van der Waals surface area contributed by atoms with Crippen molar-refractivity contribution in [2.45, 2.75) is 51.7 Å². The van der Waals surface area contributed by atoms with E-state index >= 15 is 0 Å². The van der Waals surface area contributed by atoms with Crippen molar-refractivity contribution in [3.05, 3.63) is 12.4 Å². The maximum atomic E-state index is 5.95. The molecular weight excluding hydrogens is 242 g/mol. The summed E-state index contributed by atoms with van der Waals surface area (Å²) in [4.78, 5) is 8.44. The summed E-state index contributed by atoms with van der Waals surface area (Å²) in [5.74, 6) is 1.46. The zero-order valence-electron chi connectivity index (χ0n) is 11.7. The molecule has 2 unspecified atom stereocenters. The third kappa shape index (κ3) is 4.06. The van der Waals surface area contributed by atoms with Crippen LogP contribution in [0.15, 0.2) is 12.4 Å². The van der Waals surface area contributed by atoms with Gasteiger partial charge in [-0.2, -0.15) is 4.98 Å². The van der Waals surface area contributed by atoms with E-state index in [9.17, 15) is 0 Å². The van der Waals surface area contributed by atoms with Gasteiger partial charge in [-0.25, -0.2) is 0 Å². The Morgan fingerprint density at radius 3 is 2.74 bits per heavy atom. The predicted octanol–water partition coefficient (Wildman–Crippen LogP) is 2.16. The van der Waals surface area contributed by atoms with Crippen LogP contribution in [-0.4, -0.2) is 28.7 Å². The Bertz CT molecular complexity index is 398. The highest BCUT2D eigenvalue weighted by molar-refractivity contribution is 5.13. The van der Waals surface area contributed by atoms with E-state index in [1.54, 1.807) is 12.4 Å². The summed E-state index contributed by atoms with van der Waals surface area (Å²) in [5.41, 5.74) is 5.80. The molecule has 106 valence electrons. The van der Waals surface area contributed by atoms with Crippen LogP contribution in [0.5, 0.6) is 11.8 Å². The number of nitrogens with two attached hydrogens (primary N) is 1. The number of rotatable bonds is 5. The number of nitrogens with zero attached hydrogens (tertiary/aromatic N) is 2. The average molecular weight is 265 g/mol. The Hall–Kier alpha value is -1.36. The normalized spacial score (nSPS) is 23.4. The van der Waals surface area contributed by atoms with Gasteiger partial charge in [0.2, 0.25) is 11.8 Å². The van der Waals surface area contributed by atoms with Crippen LogP contribution < -0.4 is 15.2 Å². The summed E-state index contributed by atoms with van der Waals surface area (Å²) in [6.45, 7) is 4.59. The molecule has 0 amide bonds. The van der Waals surface area contributed by atoms with Crippen molar-refractivity contribution in [1.82, 2.24) is 9.97 Å². The van der Waals surface area contributed by atoms with Crippen LogP contribution in [-0.2, 0) is 0 Å². The monoisotopic (exact) mass is 265 g/mol. The number of aromatic nitrogens is 2. The van der Waals surface area contributed by atoms with Crippen molar-refractivity contribution >= 4 is 0 Å². The highest BCUT2D eigenvalue weighted by atomic mass is 16.5. The predicted molar refractivity (Wildman–Crippen MR) is 73.2 cm³/mol. The Morgan fingerprint density at radius 1 is 1.26 bits per heavy atom. The van der Waals surface area contributed by atoms with E-state index in [4.69, 9.17) is 15.2 Å². The van der Waals surface area contributed by atoms with Crippen LogP contribution in [0.1, 0.15) is 39.5 Å². The molecule has 1 aliphatic rings. The Balaban J connectivity index is 2.01. The molecule has 0 spiro atoms. The fourth-order valence-corrected chi connectivity index (χ4v) is 2.44. The van der Waals surface area contributed by atoms with E-state index in [-0.39, 0.29) is 12.2 Å². The maximum Gasteiger partial charge on any atom is 0.235 e. The van der Waals surface area contributed by atoms with E-state index in [1.165, 1.54) is 12.8 Å². The van der Waals surface area contributed by atoms with E-state index < -0.39 is 0 Å². The molecule has 1 fully saturated rings. The third-order valence-corrected chi connectivity index (χ3v) is 3.36. The number of hydrogen-bond acceptors (Lipinski definition) is 5. The minimum Gasteiger partial charge on any atom is -0.474 e. The lowest BCUT2D eigenvalue weighted by Gasteiger charge is -2.30. The first kappa shape index (κ1) is 14.1. The topological polar surface area (TPSA) is 70.3 Å². The van der Waals surface area contributed by atoms with Crippen molar-refractivity contribution in [2.24, 2.45) is 11.7 Å². The molecule has 2 N–H and O–H groups in total. The van der Waals surface area contributed by atoms with Gasteiger partial charge in [0.15, 0.2) is 0 Å². The molecule has 2 atom stereocenters. The SMILES string of the molecule is CC(C)Oc1cncc(OC2CCCCC2CN)n1. The second-order valence-corrected chi connectivity index (χ2v) is 5.30. The van der Waals surface area contributed by atoms with E-state index in [0.717, 1.165) is 12.8 Å². The highest BCUT2D eigenvalue weighted by Gasteiger charge is 2.26. The van der Waals surface area contributed by atoms with Crippen molar-refractivity contribution < 1.29 is 9.47 Å². The smallest absolute Gasteiger partial charge is 0.235 e. The van der Waals surface area contributed by atoms with Crippen molar-refractivity contribution in [3.63, 3.8) is 0 Å². The molecule has 19 heavy (non-hydrogen) atoms. The molecule has 0 aliphatic heterocycles. The van der Waals surface area contributed by atoms with Gasteiger partial charge in [-0.3, -0.25) is 4.98 Å². The van der Waals surface area contributed by atoms with Gasteiger partial charge in [0.25, 0.3) is 0 Å². The molecule has 2 rings (SSSR count). The lowest BCUT2D eigenvalue weighted by atomic mass is 9.86. The van der Waals surface area contributed by atoms with Crippen LogP contribution in [0.25, 0.3) is 0 Å². The zero-order valence-corrected chi connectivity index (χ0v) is 11.7. The van der Waals surface area contributed by atoms with Gasteiger partial charge < -0.3 is 15.2 Å². The van der Waals surface area contributed by atoms with Gasteiger partial charge in [0, 0.05) is 5.92 Å². The summed E-state index contributed by atoms with van der Waals surface area (Å²) in [7, 11) is 0. The van der Waals surface area contributed by atoms with E-state index in [1.807, 2.05) is 13.8 Å². The summed E-state index contributed by atoms with van der Waals surface area (Å²) in [6, 6.07) is 0. The van der Waals surface area contributed by atoms with Gasteiger partial charge in [0.05, 0.1) is 18.5 Å². The van der Waals surface area contributed by atoms with Crippen LogP contribution in [0.3, 0.4) is 0 Å². The molecule has 5 heteroatoms. The van der Waals surface area contributed by atoms with Crippen LogP contribution >= 0.6 is 0 Å². The lowest BCUT2D eigenvalue weighted by Crippen LogP contribution is -2.35. The molecular formula is C14H23N3O2. The fraction of sp³-hybridized carbons (Fsp3) is 0.714. The molecule has 1 aromatic heterocycles. The number of hydrogen-bond donors (Lipinski definition) is 1. The first-order chi connectivity index (χ1) is 9.19. The first-order valence-electron chi connectivity index (χ1n) is 7.04. The fourth-order valence-electron chi connectivity index (χ4n) is 2.44. The number of ether oxygens (including phenoxy) is 2. The average Bonchev–Trinajstić information content (AvgIpc) is 2.39. The summed E-state index contributed by atoms with van der Waals surface area (Å²) in [6.07, 6.45) is 8.08. The molecule has 1 aliphatic carbocycles. The van der Waals surface area contributed by atoms with Crippen LogP contribution in [0, 0.1) is 5.92 Å². The first-order valence-corrected chi connectivity index (χ1v) is 7.04. The molecule has 0 saturated heterocycles. The van der Waals surface area contributed by atoms with Gasteiger partial charge >= 0.3 is 0 Å². The molecule has 0 aromatic carbocycles. The molecule has 0 radical (unpaired) electrons. The van der Waals surface area contributed by atoms with Gasteiger partial charge in [-0.15, -0.1) is 0 Å². The summed E-state index contributed by atoms with van der Waals surface area (Å²) < 4.78 is 11.5. The Kier molecular flexibility index (Phi) is 4.96. The van der Waals surface area contributed by atoms with Crippen molar-refractivity contribution in [2.75, 3.05) is 6.54 Å². The molecule has 1 heterocycles. The van der Waals surface area contributed by atoms with Crippen molar-refractivity contribution in [3.8, 4) is 11.8 Å². The third-order valence-electron chi connectivity index (χ3n) is 3.36. The lowest BCUT2D eigenvalue weighted by molar-refractivity contribution is 0.0903. The highest BCUT2D eigenvalue weighted by Crippen LogP contribution is 2.27. The van der Waals surface area contributed by atoms with E-state index in [2.05, 4.69) is 9.97 Å². The molecule has 5 nitrogen and oxygen atoms in total. The largest absolute Gasteiger partial charge is 0.474 e. The molecule has 1 saturated carbocycles. The quantitative estimate of drug-likeness (QED) is 0.883. The minimum atomic E-state index is 0.0796. The van der Waals surface area contributed by atoms with Gasteiger partial charge in [-0.1, -0.05) is 6.42 Å². The Labute approximate surface area is 114 Å². The molecule has 1 aromatic rings. The van der Waals surface area contributed by atoms with Crippen LogP contribution in [0.2, 0.25) is 0 Å². The Morgan fingerprint density at radius 2 is 2.00 bits per heavy atom. The second-order valence-electron chi connectivity index (χ2n) is 5.30. The summed E-state index contributed by atoms with van der Waals surface area (Å²) >= 11 is 0. The minimum absolute atomic E-state index is 0.0796. The van der Waals surface area contributed by atoms with Gasteiger partial charge in [0.1, 0.15) is 6.10 Å². The van der Waals surface area contributed by atoms with Gasteiger partial charge in [-0.05, 0) is 39.7 Å². The van der Waals surface area contributed by atoms with Crippen molar-refractivity contribution in [1.29, 1.82) is 0 Å². The zero-order chi connectivity index (χ0) is 13.7.